The number of phenols is 1. The number of hydrogen-bond acceptors (Lipinski definition) is 5. The minimum Gasteiger partial charge on any atom is -0.506 e. The number of nitrogens with two attached hydrogens (primary N) is 1. The highest BCUT2D eigenvalue weighted by molar-refractivity contribution is 5.90. The third kappa shape index (κ3) is 6.92. The van der Waals surface area contributed by atoms with Gasteiger partial charge in [-0.2, -0.15) is 0 Å². The molecule has 2 saturated heterocycles. The summed E-state index contributed by atoms with van der Waals surface area (Å²) in [6.07, 6.45) is 39.2. The van der Waals surface area contributed by atoms with E-state index in [0.29, 0.717) is 18.5 Å². The lowest BCUT2D eigenvalue weighted by Gasteiger charge is -2.64. The number of nitrogens with zero attached hydrogens (tertiary/aromatic N) is 3. The Morgan fingerprint density at radius 3 is 2.54 bits per heavy atom. The number of fused-ring (bicyclic) bond motifs is 3. The summed E-state index contributed by atoms with van der Waals surface area (Å²) < 4.78 is 0. The van der Waals surface area contributed by atoms with Crippen molar-refractivity contribution in [2.75, 3.05) is 39.3 Å². The minimum absolute atomic E-state index is 0.267. The van der Waals surface area contributed by atoms with Crippen molar-refractivity contribution in [3.63, 3.8) is 0 Å². The Balaban J connectivity index is 1.24. The van der Waals surface area contributed by atoms with Crippen molar-refractivity contribution in [3.05, 3.63) is 101 Å². The lowest BCUT2D eigenvalue weighted by atomic mass is 9.52. The predicted octanol–water partition coefficient (Wildman–Crippen LogP) is 8.31. The number of allylic oxidation sites excluding steroid dienone is 8. The summed E-state index contributed by atoms with van der Waals surface area (Å²) in [6, 6.07) is 6.32. The molecule has 1 aromatic heterocycles. The molecule has 2 unspecified atom stereocenters. The maximum absolute atomic E-state index is 10.8. The van der Waals surface area contributed by atoms with E-state index in [1.54, 1.807) is 11.6 Å². The molecule has 1 aromatic carbocycles. The minimum atomic E-state index is 0.267. The van der Waals surface area contributed by atoms with Gasteiger partial charge in [-0.05, 0) is 126 Å². The molecule has 254 valence electrons. The van der Waals surface area contributed by atoms with Crippen LogP contribution in [-0.4, -0.2) is 65.2 Å². The second-order valence-corrected chi connectivity index (χ2v) is 14.9. The average molecular weight is 645 g/mol. The Bertz CT molecular complexity index is 1610. The molecule has 5 heteroatoms. The van der Waals surface area contributed by atoms with Crippen molar-refractivity contribution >= 4 is 17.0 Å². The Hall–Kier alpha value is -3.25. The molecule has 0 saturated carbocycles. The fourth-order valence-electron chi connectivity index (χ4n) is 9.93. The molecule has 6 heterocycles. The van der Waals surface area contributed by atoms with E-state index in [9.17, 15) is 5.11 Å². The number of phenolic OH excluding ortho intramolecular Hbond substituents is 1. The molecule has 48 heavy (non-hydrogen) atoms. The first-order valence-corrected chi connectivity index (χ1v) is 18.9. The molecule has 0 amide bonds. The molecule has 6 bridgehead atoms. The van der Waals surface area contributed by atoms with Crippen LogP contribution >= 0.6 is 0 Å². The first kappa shape index (κ1) is 33.3. The van der Waals surface area contributed by atoms with E-state index in [-0.39, 0.29) is 11.2 Å². The van der Waals surface area contributed by atoms with E-state index in [0.717, 1.165) is 99.8 Å². The van der Waals surface area contributed by atoms with E-state index in [2.05, 4.69) is 82.7 Å². The van der Waals surface area contributed by atoms with Gasteiger partial charge < -0.3 is 15.7 Å². The van der Waals surface area contributed by atoms with Gasteiger partial charge in [-0.15, -0.1) is 0 Å². The number of rotatable bonds is 2. The Morgan fingerprint density at radius 2 is 1.71 bits per heavy atom. The van der Waals surface area contributed by atoms with E-state index in [1.807, 2.05) is 6.07 Å². The van der Waals surface area contributed by atoms with Crippen LogP contribution in [0.15, 0.2) is 84.5 Å². The molecular formula is C43H56N4O. The normalized spacial score (nSPS) is 31.2. The summed E-state index contributed by atoms with van der Waals surface area (Å²) in [5, 5.41) is 11.8. The highest BCUT2D eigenvalue weighted by atomic mass is 16.3. The first-order chi connectivity index (χ1) is 23.7. The lowest BCUT2D eigenvalue weighted by Crippen LogP contribution is -2.68. The number of para-hydroxylation sites is 1. The quantitative estimate of drug-likeness (QED) is 0.322. The smallest absolute Gasteiger partial charge is 0.141 e. The summed E-state index contributed by atoms with van der Waals surface area (Å²) in [4.78, 5) is 10.9. The molecule has 0 radical (unpaired) electrons. The second kappa shape index (κ2) is 15.5. The van der Waals surface area contributed by atoms with Crippen LogP contribution < -0.4 is 5.73 Å². The average Bonchev–Trinajstić information content (AvgIpc) is 3.10. The van der Waals surface area contributed by atoms with Crippen molar-refractivity contribution in [2.24, 2.45) is 23.0 Å². The van der Waals surface area contributed by atoms with Gasteiger partial charge in [0.15, 0.2) is 0 Å². The van der Waals surface area contributed by atoms with Gasteiger partial charge in [0.1, 0.15) is 11.3 Å². The number of aryl methyl sites for hydroxylation is 1. The number of piperidine rings is 2. The van der Waals surface area contributed by atoms with Crippen LogP contribution in [0, 0.1) is 17.3 Å². The monoisotopic (exact) mass is 644 g/mol. The molecule has 1 spiro atoms. The van der Waals surface area contributed by atoms with Gasteiger partial charge in [0.25, 0.3) is 0 Å². The topological polar surface area (TPSA) is 65.6 Å². The van der Waals surface area contributed by atoms with Gasteiger partial charge in [0.2, 0.25) is 0 Å². The molecular weight excluding hydrogens is 589 g/mol. The van der Waals surface area contributed by atoms with Crippen molar-refractivity contribution in [1.82, 2.24) is 14.8 Å². The standard InChI is InChI=1S/C43H56N4O/c44-26-23-35-36-19-12-14-25-43-32-46-27-15-10-8-6-4-2-1-3-5-7-9-11-18-33-30-34(38(43)24-29-46)31-47(42(33)43)28-16-13-21-39(36)45-41-37(35)20-17-22-40(41)48/h2-5,8-12,17,19-20,22,30,34,38,42,48H,1,6-7,13-16,18,21,23-29,31-32,44H2/t34-,38-,42-,43-/m1/s1. The molecule has 6 atom stereocenters. The van der Waals surface area contributed by atoms with E-state index < -0.39 is 0 Å². The summed E-state index contributed by atoms with van der Waals surface area (Å²) >= 11 is 0. The fourth-order valence-corrected chi connectivity index (χ4v) is 9.93. The van der Waals surface area contributed by atoms with E-state index in [4.69, 9.17) is 10.7 Å². The third-order valence-corrected chi connectivity index (χ3v) is 11.9. The Labute approximate surface area is 288 Å². The second-order valence-electron chi connectivity index (χ2n) is 14.9. The van der Waals surface area contributed by atoms with Crippen LogP contribution in [-0.2, 0) is 12.8 Å². The Kier molecular flexibility index (Phi) is 10.8. The van der Waals surface area contributed by atoms with Gasteiger partial charge in [-0.1, -0.05) is 84.5 Å². The largest absolute Gasteiger partial charge is 0.506 e. The van der Waals surface area contributed by atoms with Gasteiger partial charge in [0.05, 0.1) is 0 Å². The molecule has 2 aromatic rings. The molecule has 5 aliphatic heterocycles. The van der Waals surface area contributed by atoms with Crippen LogP contribution in [0.1, 0.15) is 81.0 Å². The van der Waals surface area contributed by atoms with Crippen molar-refractivity contribution in [3.8, 4) is 5.75 Å². The van der Waals surface area contributed by atoms with Gasteiger partial charge in [0, 0.05) is 42.2 Å². The van der Waals surface area contributed by atoms with Crippen molar-refractivity contribution in [2.45, 2.75) is 83.1 Å². The zero-order valence-electron chi connectivity index (χ0n) is 28.9. The fraction of sp³-hybridized carbons (Fsp3) is 0.512. The number of hydrogen-bond donors (Lipinski definition) is 2. The van der Waals surface area contributed by atoms with Gasteiger partial charge >= 0.3 is 0 Å². The summed E-state index contributed by atoms with van der Waals surface area (Å²) in [6.45, 7) is 6.54. The predicted molar refractivity (Wildman–Crippen MR) is 201 cm³/mol. The summed E-state index contributed by atoms with van der Waals surface area (Å²) in [5.74, 6) is 1.67. The molecule has 3 N–H and O–H groups in total. The Morgan fingerprint density at radius 1 is 0.896 bits per heavy atom. The number of benzene rings is 1. The van der Waals surface area contributed by atoms with Gasteiger partial charge in [-0.25, -0.2) is 4.98 Å². The van der Waals surface area contributed by atoms with E-state index in [1.165, 1.54) is 43.6 Å². The maximum atomic E-state index is 10.8. The van der Waals surface area contributed by atoms with Crippen LogP contribution in [0.5, 0.6) is 5.75 Å². The third-order valence-electron chi connectivity index (χ3n) is 11.9. The van der Waals surface area contributed by atoms with Crippen molar-refractivity contribution < 1.29 is 5.11 Å². The molecule has 1 aliphatic carbocycles. The number of aromatic hydroxyl groups is 1. The molecule has 2 fully saturated rings. The maximum Gasteiger partial charge on any atom is 0.141 e. The van der Waals surface area contributed by atoms with Crippen LogP contribution in [0.3, 0.4) is 0 Å². The van der Waals surface area contributed by atoms with Crippen LogP contribution in [0.4, 0.5) is 0 Å². The SMILES string of the molecule is NCCc1c2c(nc3c(O)cccc13)CCCCN1C[C@H]3C=C4CC=CCC=CCC=CCC=CCCN5CC[C@H]3[C@@](CCC=C2)(C5)[C@@H]41. The number of aromatic nitrogens is 1. The molecule has 5 nitrogen and oxygen atoms in total. The molecule has 6 aliphatic rings. The highest BCUT2D eigenvalue weighted by Gasteiger charge is 2.58. The first-order valence-electron chi connectivity index (χ1n) is 18.9. The highest BCUT2D eigenvalue weighted by Crippen LogP contribution is 2.57. The zero-order chi connectivity index (χ0) is 32.8. The van der Waals surface area contributed by atoms with Crippen LogP contribution in [0.25, 0.3) is 17.0 Å². The molecule has 8 rings (SSSR count). The van der Waals surface area contributed by atoms with Gasteiger partial charge in [-0.3, -0.25) is 4.90 Å². The van der Waals surface area contributed by atoms with Crippen molar-refractivity contribution in [1.29, 1.82) is 0 Å². The van der Waals surface area contributed by atoms with E-state index >= 15 is 0 Å². The summed E-state index contributed by atoms with van der Waals surface area (Å²) in [5.41, 5.74) is 12.5. The lowest BCUT2D eigenvalue weighted by molar-refractivity contribution is -0.109. The zero-order valence-corrected chi connectivity index (χ0v) is 28.9. The number of pyridine rings is 1. The summed E-state index contributed by atoms with van der Waals surface area (Å²) in [7, 11) is 0. The van der Waals surface area contributed by atoms with Crippen LogP contribution in [0.2, 0.25) is 0 Å².